The zero-order valence-electron chi connectivity index (χ0n) is 18.0. The fraction of sp³-hybridized carbons (Fsp3) is 0.692. The number of nitrogens with two attached hydrogens (primary N) is 1. The van der Waals surface area contributed by atoms with Gasteiger partial charge in [-0.3, -0.25) is 13.7 Å². The first-order valence-electron chi connectivity index (χ1n) is 8.45. The second-order valence-electron chi connectivity index (χ2n) is 6.50. The van der Waals surface area contributed by atoms with Crippen molar-refractivity contribution < 1.29 is 106 Å². The van der Waals surface area contributed by atoms with Gasteiger partial charge in [0.2, 0.25) is 0 Å². The largest absolute Gasteiger partial charge is 1.00 e. The van der Waals surface area contributed by atoms with Gasteiger partial charge in [-0.2, -0.15) is 4.98 Å². The number of phosphoric ester groups is 2. The van der Waals surface area contributed by atoms with Crippen LogP contribution in [0.25, 0.3) is 0 Å². The van der Waals surface area contributed by atoms with Crippen LogP contribution in [0.1, 0.15) is 6.23 Å². The quantitative estimate of drug-likeness (QED) is 0.193. The number of ether oxygens (including phenoxy) is 1. The topological polar surface area (TPSA) is 222 Å². The molecule has 1 aliphatic heterocycles. The summed E-state index contributed by atoms with van der Waals surface area (Å²) in [5, 5.41) is 20.1. The first-order chi connectivity index (χ1) is 13.8. The molecule has 0 aliphatic carbocycles. The molecule has 6 atom stereocenters. The van der Waals surface area contributed by atoms with Crippen LogP contribution in [0.3, 0.4) is 0 Å². The minimum atomic E-state index is -5.42. The van der Waals surface area contributed by atoms with E-state index in [1.165, 1.54) is 6.07 Å². The van der Waals surface area contributed by atoms with Gasteiger partial charge < -0.3 is 44.4 Å². The van der Waals surface area contributed by atoms with Crippen LogP contribution in [0.2, 0.25) is 0 Å². The number of likely N-dealkylation sites (N-methyl/N-ethyl adjacent to an activating group) is 1. The van der Waals surface area contributed by atoms with Gasteiger partial charge in [0.15, 0.2) is 6.23 Å². The van der Waals surface area contributed by atoms with Crippen LogP contribution >= 0.6 is 15.6 Å². The van der Waals surface area contributed by atoms with E-state index in [0.29, 0.717) is 0 Å². The number of phosphoric acid groups is 2. The van der Waals surface area contributed by atoms with Crippen LogP contribution in [0.4, 0.5) is 5.82 Å². The molecule has 15 nitrogen and oxygen atoms in total. The van der Waals surface area contributed by atoms with E-state index in [-0.39, 0.29) is 78.1 Å². The third-order valence-corrected chi connectivity index (χ3v) is 6.41. The zero-order chi connectivity index (χ0) is 22.7. The van der Waals surface area contributed by atoms with E-state index in [9.17, 15) is 33.9 Å². The van der Waals surface area contributed by atoms with Gasteiger partial charge in [0.05, 0.1) is 13.2 Å². The predicted octanol–water partition coefficient (Wildman–Crippen LogP) is -9.00. The van der Waals surface area contributed by atoms with Gasteiger partial charge in [0, 0.05) is 12.7 Å². The third kappa shape index (κ3) is 9.80. The van der Waals surface area contributed by atoms with Crippen molar-refractivity contribution in [3.05, 3.63) is 22.7 Å². The molecule has 32 heavy (non-hydrogen) atoms. The monoisotopic (exact) mass is 518 g/mol. The molecule has 1 aromatic rings. The van der Waals surface area contributed by atoms with Gasteiger partial charge in [0.25, 0.3) is 15.6 Å². The van der Waals surface area contributed by atoms with Crippen molar-refractivity contribution >= 4 is 21.5 Å². The van der Waals surface area contributed by atoms with Gasteiger partial charge in [-0.15, -0.1) is 0 Å². The molecule has 19 heteroatoms. The first-order valence-corrected chi connectivity index (χ1v) is 11.4. The van der Waals surface area contributed by atoms with E-state index < -0.39 is 52.5 Å². The molecule has 0 spiro atoms. The van der Waals surface area contributed by atoms with Crippen LogP contribution in [-0.2, 0) is 27.2 Å². The number of aromatic nitrogens is 2. The Hall–Kier alpha value is 0.780. The molecule has 0 aromatic carbocycles. The molecule has 0 amide bonds. The maximum Gasteiger partial charge on any atom is 1.00 e. The van der Waals surface area contributed by atoms with Crippen molar-refractivity contribution in [2.24, 2.45) is 0 Å². The average Bonchev–Trinajstić information content (AvgIpc) is 2.87. The van der Waals surface area contributed by atoms with Gasteiger partial charge in [0.1, 0.15) is 24.1 Å². The van der Waals surface area contributed by atoms with Crippen molar-refractivity contribution in [2.75, 3.05) is 39.6 Å². The van der Waals surface area contributed by atoms with Crippen LogP contribution in [0.15, 0.2) is 17.1 Å². The number of hydrogen-bond acceptors (Lipinski definition) is 14. The van der Waals surface area contributed by atoms with Gasteiger partial charge in [-0.05, 0) is 20.2 Å². The Balaban J connectivity index is 0.00000480. The minimum absolute atomic E-state index is 0. The number of nitrogen functional groups attached to an aromatic ring is 1. The number of rotatable bonds is 10. The van der Waals surface area contributed by atoms with Crippen LogP contribution < -0.4 is 80.3 Å². The maximum atomic E-state index is 11.9. The van der Waals surface area contributed by atoms with E-state index in [1.807, 2.05) is 0 Å². The van der Waals surface area contributed by atoms with Crippen molar-refractivity contribution in [1.29, 1.82) is 0 Å². The number of anilines is 1. The Kier molecular flexibility index (Phi) is 14.1. The molecule has 2 unspecified atom stereocenters. The predicted molar refractivity (Wildman–Crippen MR) is 95.6 cm³/mol. The van der Waals surface area contributed by atoms with E-state index in [4.69, 9.17) is 10.5 Å². The number of aliphatic hydroxyl groups is 2. The summed E-state index contributed by atoms with van der Waals surface area (Å²) in [6.07, 6.45) is -5.01. The van der Waals surface area contributed by atoms with E-state index >= 15 is 0 Å². The normalized spacial score (nSPS) is 26.6. The Labute approximate surface area is 227 Å². The van der Waals surface area contributed by atoms with E-state index in [2.05, 4.69) is 18.3 Å². The minimum Gasteiger partial charge on any atom is -0.756 e. The second-order valence-corrected chi connectivity index (χ2v) is 9.46. The Morgan fingerprint density at radius 2 is 1.81 bits per heavy atom. The smallest absolute Gasteiger partial charge is 0.756 e. The van der Waals surface area contributed by atoms with Crippen LogP contribution in [-0.4, -0.2) is 76.8 Å². The molecule has 4 N–H and O–H groups in total. The summed E-state index contributed by atoms with van der Waals surface area (Å²) >= 11 is 0. The third-order valence-electron chi connectivity index (χ3n) is 3.85. The molecule has 0 saturated carbocycles. The Morgan fingerprint density at radius 1 is 1.22 bits per heavy atom. The van der Waals surface area contributed by atoms with E-state index in [1.54, 1.807) is 19.0 Å². The Bertz CT molecular complexity index is 892. The molecule has 1 saturated heterocycles. The summed E-state index contributed by atoms with van der Waals surface area (Å²) in [6.45, 7) is -1.08. The van der Waals surface area contributed by atoms with E-state index in [0.717, 1.165) is 10.8 Å². The maximum absolute atomic E-state index is 11.9. The van der Waals surface area contributed by atoms with Gasteiger partial charge >= 0.3 is 64.8 Å². The summed E-state index contributed by atoms with van der Waals surface area (Å²) < 4.78 is 42.2. The first kappa shape index (κ1) is 32.8. The zero-order valence-corrected chi connectivity index (χ0v) is 23.8. The molecule has 172 valence electrons. The second kappa shape index (κ2) is 13.8. The Morgan fingerprint density at radius 3 is 2.38 bits per heavy atom. The van der Waals surface area contributed by atoms with Crippen LogP contribution in [0, 0.1) is 0 Å². The summed E-state index contributed by atoms with van der Waals surface area (Å²) in [5.74, 6) is -0.0801. The molecule has 1 aromatic heterocycles. The van der Waals surface area contributed by atoms with Crippen molar-refractivity contribution in [3.8, 4) is 0 Å². The molecule has 2 heterocycles. The molecule has 2 rings (SSSR count). The summed E-state index contributed by atoms with van der Waals surface area (Å²) in [7, 11) is -7.36. The molecular weight excluding hydrogens is 496 g/mol. The number of hydrogen-bond donors (Lipinski definition) is 3. The van der Waals surface area contributed by atoms with Gasteiger partial charge in [-0.1, -0.05) is 0 Å². The summed E-state index contributed by atoms with van der Waals surface area (Å²) in [6, 6.07) is 1.25. The number of nitrogens with zero attached hydrogens (tertiary/aromatic N) is 3. The molecule has 1 fully saturated rings. The van der Waals surface area contributed by atoms with Crippen molar-refractivity contribution in [1.82, 2.24) is 14.5 Å². The summed E-state index contributed by atoms with van der Waals surface area (Å²) in [5.41, 5.74) is 4.49. The fourth-order valence-corrected chi connectivity index (χ4v) is 4.38. The standard InChI is InChI=1S/C13H24N4O11P2.2Na/c1-16(2)5-6-25-29(21,22)28-30(23,24)26-7-8-10(18)11(19)12(27-8)17-4-3-9(14)15-13(17)20;;/h3-4,8,10-12,18-19H,5-7H2,1-2H3,(H,21,22)(H,23,24)(H2,14,15,20);;/q;2*+1/p-2/t8-,10-,11-,12-;;/m1../s1. The molecule has 1 aliphatic rings. The number of aliphatic hydroxyl groups excluding tert-OH is 2. The van der Waals surface area contributed by atoms with Gasteiger partial charge in [-0.25, -0.2) is 9.11 Å². The fourth-order valence-electron chi connectivity index (χ4n) is 2.39. The average molecular weight is 518 g/mol. The van der Waals surface area contributed by atoms with Crippen molar-refractivity contribution in [2.45, 2.75) is 24.5 Å². The molecule has 0 bridgehead atoms. The van der Waals surface area contributed by atoms with Crippen LogP contribution in [0.5, 0.6) is 0 Å². The van der Waals surface area contributed by atoms with Crippen molar-refractivity contribution in [3.63, 3.8) is 0 Å². The molecular formula is C13H22N4Na2O11P2. The SMILES string of the molecule is CN(C)CCOP(=O)([O-])OP(=O)([O-])OC[C@H]1O[C@@H](n2ccc(N)nc2=O)[C@H](O)[C@@H]1O.[Na+].[Na+]. The summed E-state index contributed by atoms with van der Waals surface area (Å²) in [4.78, 5) is 40.3. The molecule has 0 radical (unpaired) electrons.